The summed E-state index contributed by atoms with van der Waals surface area (Å²) >= 11 is 0. The van der Waals surface area contributed by atoms with E-state index in [4.69, 9.17) is 14.6 Å². The van der Waals surface area contributed by atoms with Crippen molar-refractivity contribution in [3.63, 3.8) is 0 Å². The van der Waals surface area contributed by atoms with E-state index in [1.54, 1.807) is 25.3 Å². The smallest absolute Gasteiger partial charge is 0.317 e. The highest BCUT2D eigenvalue weighted by molar-refractivity contribution is 5.95. The lowest BCUT2D eigenvalue weighted by Gasteiger charge is -2.42. The van der Waals surface area contributed by atoms with Crippen molar-refractivity contribution in [3.8, 4) is 11.5 Å². The number of benzene rings is 1. The Morgan fingerprint density at radius 2 is 1.88 bits per heavy atom. The van der Waals surface area contributed by atoms with Crippen molar-refractivity contribution in [2.24, 2.45) is 5.92 Å². The van der Waals surface area contributed by atoms with Crippen molar-refractivity contribution in [2.45, 2.75) is 37.8 Å². The van der Waals surface area contributed by atoms with Gasteiger partial charge in [-0.15, -0.1) is 0 Å². The lowest BCUT2D eigenvalue weighted by molar-refractivity contribution is -0.139. The third-order valence-electron chi connectivity index (χ3n) is 5.14. The first-order valence-corrected chi connectivity index (χ1v) is 8.99. The summed E-state index contributed by atoms with van der Waals surface area (Å²) in [5.74, 6) is 0.806. The molecule has 7 nitrogen and oxygen atoms in total. The molecule has 0 atom stereocenters. The number of nitrogens with one attached hydrogen (secondary N) is 1. The molecular formula is C19H26N2O5. The molecule has 0 aromatic heterocycles. The van der Waals surface area contributed by atoms with Gasteiger partial charge in [-0.2, -0.15) is 0 Å². The maximum Gasteiger partial charge on any atom is 0.317 e. The van der Waals surface area contributed by atoms with Gasteiger partial charge in [-0.3, -0.25) is 14.5 Å². The van der Waals surface area contributed by atoms with Crippen molar-refractivity contribution in [1.29, 1.82) is 0 Å². The Morgan fingerprint density at radius 3 is 2.46 bits per heavy atom. The van der Waals surface area contributed by atoms with Crippen LogP contribution in [0.3, 0.4) is 0 Å². The fourth-order valence-corrected chi connectivity index (χ4v) is 3.40. The van der Waals surface area contributed by atoms with Crippen LogP contribution < -0.4 is 14.8 Å². The van der Waals surface area contributed by atoms with Crippen molar-refractivity contribution in [3.05, 3.63) is 23.8 Å². The quantitative estimate of drug-likeness (QED) is 0.696. The van der Waals surface area contributed by atoms with E-state index < -0.39 is 5.97 Å². The van der Waals surface area contributed by atoms with Gasteiger partial charge in [0, 0.05) is 24.2 Å². The van der Waals surface area contributed by atoms with Gasteiger partial charge in [-0.25, -0.2) is 0 Å². The molecule has 142 valence electrons. The predicted molar refractivity (Wildman–Crippen MR) is 95.8 cm³/mol. The molecule has 0 unspecified atom stereocenters. The van der Waals surface area contributed by atoms with Crippen LogP contribution in [0, 0.1) is 5.92 Å². The molecule has 26 heavy (non-hydrogen) atoms. The number of amides is 1. The standard InChI is InChI=1S/C19H26N2O5/c1-25-16-6-5-13(7-17(16)26-2)19(24)20-14-8-15(9-14)21(11-18(22)23)10-12-3-4-12/h5-7,12,14-15H,3-4,8-11H2,1-2H3,(H,20,24)(H,22,23). The normalized spacial score (nSPS) is 21.8. The molecule has 0 radical (unpaired) electrons. The number of carboxylic acid groups (broad SMARTS) is 1. The Hall–Kier alpha value is -2.28. The summed E-state index contributed by atoms with van der Waals surface area (Å²) in [7, 11) is 3.09. The van der Waals surface area contributed by atoms with Crippen LogP contribution in [0.4, 0.5) is 0 Å². The topological polar surface area (TPSA) is 88.1 Å². The molecule has 2 saturated carbocycles. The van der Waals surface area contributed by atoms with Crippen LogP contribution in [0.1, 0.15) is 36.0 Å². The summed E-state index contributed by atoms with van der Waals surface area (Å²) in [5, 5.41) is 12.1. The lowest BCUT2D eigenvalue weighted by Crippen LogP contribution is -2.55. The molecule has 2 aliphatic rings. The van der Waals surface area contributed by atoms with Gasteiger partial charge in [0.1, 0.15) is 0 Å². The number of aliphatic carboxylic acids is 1. The lowest BCUT2D eigenvalue weighted by atomic mass is 9.85. The molecular weight excluding hydrogens is 336 g/mol. The zero-order valence-electron chi connectivity index (χ0n) is 15.2. The molecule has 2 aliphatic carbocycles. The first kappa shape index (κ1) is 18.5. The van der Waals surface area contributed by atoms with Gasteiger partial charge in [0.2, 0.25) is 0 Å². The number of methoxy groups -OCH3 is 2. The fraction of sp³-hybridized carbons (Fsp3) is 0.579. The summed E-state index contributed by atoms with van der Waals surface area (Å²) < 4.78 is 10.4. The summed E-state index contributed by atoms with van der Waals surface area (Å²) in [6, 6.07) is 5.39. The third-order valence-corrected chi connectivity index (χ3v) is 5.14. The number of carbonyl (C=O) groups excluding carboxylic acids is 1. The average molecular weight is 362 g/mol. The van der Waals surface area contributed by atoms with Crippen molar-refractivity contribution in [2.75, 3.05) is 27.3 Å². The zero-order chi connectivity index (χ0) is 18.7. The predicted octanol–water partition coefficient (Wildman–Crippen LogP) is 1.76. The summed E-state index contributed by atoms with van der Waals surface area (Å²) in [6.45, 7) is 0.935. The SMILES string of the molecule is COc1ccc(C(=O)NC2CC(N(CC(=O)O)CC3CC3)C2)cc1OC. The van der Waals surface area contributed by atoms with Crippen molar-refractivity contribution < 1.29 is 24.2 Å². The molecule has 3 rings (SSSR count). The number of ether oxygens (including phenoxy) is 2. The van der Waals surface area contributed by atoms with E-state index >= 15 is 0 Å². The largest absolute Gasteiger partial charge is 0.493 e. The Balaban J connectivity index is 1.52. The first-order valence-electron chi connectivity index (χ1n) is 8.99. The molecule has 1 aromatic rings. The van der Waals surface area contributed by atoms with Crippen LogP contribution in [0.2, 0.25) is 0 Å². The molecule has 1 amide bonds. The van der Waals surface area contributed by atoms with E-state index in [1.165, 1.54) is 20.0 Å². The summed E-state index contributed by atoms with van der Waals surface area (Å²) in [5.41, 5.74) is 0.520. The minimum Gasteiger partial charge on any atom is -0.493 e. The van der Waals surface area contributed by atoms with Gasteiger partial charge in [0.05, 0.1) is 20.8 Å². The summed E-state index contributed by atoms with van der Waals surface area (Å²) in [6.07, 6.45) is 3.97. The van der Waals surface area contributed by atoms with E-state index in [9.17, 15) is 9.59 Å². The second-order valence-electron chi connectivity index (χ2n) is 7.13. The van der Waals surface area contributed by atoms with E-state index in [-0.39, 0.29) is 24.5 Å². The van der Waals surface area contributed by atoms with Crippen LogP contribution >= 0.6 is 0 Å². The van der Waals surface area contributed by atoms with Crippen molar-refractivity contribution >= 4 is 11.9 Å². The maximum absolute atomic E-state index is 12.4. The number of hydrogen-bond acceptors (Lipinski definition) is 5. The van der Waals surface area contributed by atoms with E-state index in [1.807, 2.05) is 0 Å². The Bertz CT molecular complexity index is 668. The van der Waals surface area contributed by atoms with Crippen LogP contribution in [0.25, 0.3) is 0 Å². The fourth-order valence-electron chi connectivity index (χ4n) is 3.40. The number of hydrogen-bond donors (Lipinski definition) is 2. The third kappa shape index (κ3) is 4.46. The van der Waals surface area contributed by atoms with Gasteiger partial charge in [-0.1, -0.05) is 0 Å². The second-order valence-corrected chi connectivity index (χ2v) is 7.13. The molecule has 0 saturated heterocycles. The van der Waals surface area contributed by atoms with Crippen molar-refractivity contribution in [1.82, 2.24) is 10.2 Å². The first-order chi connectivity index (χ1) is 12.5. The molecule has 2 N–H and O–H groups in total. The molecule has 2 fully saturated rings. The van der Waals surface area contributed by atoms with E-state index in [2.05, 4.69) is 10.2 Å². The van der Waals surface area contributed by atoms with Gasteiger partial charge >= 0.3 is 5.97 Å². The summed E-state index contributed by atoms with van der Waals surface area (Å²) in [4.78, 5) is 25.6. The molecule has 1 aromatic carbocycles. The van der Waals surface area contributed by atoms with Gasteiger partial charge in [-0.05, 0) is 49.8 Å². The molecule has 0 bridgehead atoms. The average Bonchev–Trinajstić information content (AvgIpc) is 3.39. The zero-order valence-corrected chi connectivity index (χ0v) is 15.2. The Morgan fingerprint density at radius 1 is 1.19 bits per heavy atom. The molecule has 0 spiro atoms. The number of carbonyl (C=O) groups is 2. The second kappa shape index (κ2) is 7.95. The highest BCUT2D eigenvalue weighted by Gasteiger charge is 2.37. The minimum absolute atomic E-state index is 0.0797. The molecule has 0 heterocycles. The van der Waals surface area contributed by atoms with Crippen LogP contribution in [-0.2, 0) is 4.79 Å². The monoisotopic (exact) mass is 362 g/mol. The van der Waals surface area contributed by atoms with Crippen LogP contribution in [0.15, 0.2) is 18.2 Å². The molecule has 0 aliphatic heterocycles. The Labute approximate surface area is 153 Å². The number of carboxylic acids is 1. The van der Waals surface area contributed by atoms with E-state index in [0.717, 1.165) is 19.4 Å². The Kier molecular flexibility index (Phi) is 5.66. The van der Waals surface area contributed by atoms with E-state index in [0.29, 0.717) is 23.0 Å². The minimum atomic E-state index is -0.788. The number of rotatable bonds is 9. The van der Waals surface area contributed by atoms with Crippen LogP contribution in [-0.4, -0.2) is 61.3 Å². The van der Waals surface area contributed by atoms with Gasteiger partial charge in [0.25, 0.3) is 5.91 Å². The van der Waals surface area contributed by atoms with Crippen LogP contribution in [0.5, 0.6) is 11.5 Å². The van der Waals surface area contributed by atoms with Gasteiger partial charge in [0.15, 0.2) is 11.5 Å². The molecule has 7 heteroatoms. The highest BCUT2D eigenvalue weighted by Crippen LogP contribution is 2.34. The maximum atomic E-state index is 12.4. The highest BCUT2D eigenvalue weighted by atomic mass is 16.5. The number of nitrogens with zero attached hydrogens (tertiary/aromatic N) is 1. The van der Waals surface area contributed by atoms with Gasteiger partial charge < -0.3 is 19.9 Å².